The van der Waals surface area contributed by atoms with Crippen molar-refractivity contribution >= 4 is 36.7 Å². The van der Waals surface area contributed by atoms with Gasteiger partial charge in [0.15, 0.2) is 5.13 Å². The van der Waals surface area contributed by atoms with Crippen LogP contribution in [0.2, 0.25) is 0 Å². The molecule has 2 aromatic carbocycles. The van der Waals surface area contributed by atoms with Crippen LogP contribution in [-0.2, 0) is 16.2 Å². The van der Waals surface area contributed by atoms with E-state index < -0.39 is 32.4 Å². The molecule has 0 spiro atoms. The lowest BCUT2D eigenvalue weighted by Crippen LogP contribution is -2.15. The molecule has 0 aliphatic rings. The van der Waals surface area contributed by atoms with Gasteiger partial charge in [0.1, 0.15) is 5.75 Å². The predicted octanol–water partition coefficient (Wildman–Crippen LogP) is 4.12. The summed E-state index contributed by atoms with van der Waals surface area (Å²) < 4.78 is 71.6. The molecule has 5 nitrogen and oxygen atoms in total. The van der Waals surface area contributed by atoms with Gasteiger partial charge in [0.05, 0.1) is 27.8 Å². The Bertz CT molecular complexity index is 997. The number of benzene rings is 2. The number of rotatable bonds is 4. The summed E-state index contributed by atoms with van der Waals surface area (Å²) in [5, 5.41) is 0.0746. The molecular weight excluding hydrogens is 377 g/mol. The zero-order chi connectivity index (χ0) is 18.2. The molecule has 0 aliphatic heterocycles. The number of hydrogen-bond donors (Lipinski definition) is 1. The number of ether oxygens (including phenoxy) is 1. The van der Waals surface area contributed by atoms with Crippen molar-refractivity contribution in [2.24, 2.45) is 0 Å². The standard InChI is InChI=1S/C15H11F3N2O3S2/c1-23-12-7-6-9(8-10(12)15(16,17)18)25(21,22)20-14-19-11-4-2-3-5-13(11)24-14/h2-8H,1H3,(H,19,20). The normalized spacial score (nSPS) is 12.3. The van der Waals surface area contributed by atoms with Crippen molar-refractivity contribution < 1.29 is 26.3 Å². The Kier molecular flexibility index (Phi) is 4.33. The lowest BCUT2D eigenvalue weighted by Gasteiger charge is -2.13. The number of nitrogens with zero attached hydrogens (tertiary/aromatic N) is 1. The summed E-state index contributed by atoms with van der Waals surface area (Å²) in [4.78, 5) is 3.58. The molecule has 0 bridgehead atoms. The number of nitrogens with one attached hydrogen (secondary N) is 1. The highest BCUT2D eigenvalue weighted by Gasteiger charge is 2.35. The maximum absolute atomic E-state index is 13.1. The first kappa shape index (κ1) is 17.5. The minimum atomic E-state index is -4.74. The van der Waals surface area contributed by atoms with E-state index in [1.165, 1.54) is 0 Å². The van der Waals surface area contributed by atoms with Crippen LogP contribution in [0.4, 0.5) is 18.3 Å². The minimum Gasteiger partial charge on any atom is -0.496 e. The van der Waals surface area contributed by atoms with Gasteiger partial charge >= 0.3 is 6.18 Å². The molecule has 0 saturated carbocycles. The van der Waals surface area contributed by atoms with Gasteiger partial charge in [-0.1, -0.05) is 23.5 Å². The van der Waals surface area contributed by atoms with Crippen LogP contribution in [0.25, 0.3) is 10.2 Å². The predicted molar refractivity (Wildman–Crippen MR) is 88.4 cm³/mol. The highest BCUT2D eigenvalue weighted by Crippen LogP contribution is 2.38. The summed E-state index contributed by atoms with van der Waals surface area (Å²) in [5.74, 6) is -0.452. The first-order chi connectivity index (χ1) is 11.7. The molecule has 0 atom stereocenters. The highest BCUT2D eigenvalue weighted by molar-refractivity contribution is 7.93. The van der Waals surface area contributed by atoms with Crippen LogP contribution in [0.15, 0.2) is 47.4 Å². The third kappa shape index (κ3) is 3.54. The fraction of sp³-hybridized carbons (Fsp3) is 0.133. The van der Waals surface area contributed by atoms with E-state index in [4.69, 9.17) is 0 Å². The number of methoxy groups -OCH3 is 1. The minimum absolute atomic E-state index is 0.0746. The molecule has 3 aromatic rings. The molecule has 25 heavy (non-hydrogen) atoms. The van der Waals surface area contributed by atoms with Crippen LogP contribution >= 0.6 is 11.3 Å². The quantitative estimate of drug-likeness (QED) is 0.730. The molecule has 10 heteroatoms. The van der Waals surface area contributed by atoms with Gasteiger partial charge in [-0.25, -0.2) is 13.4 Å². The summed E-state index contributed by atoms with van der Waals surface area (Å²) in [6.45, 7) is 0. The number of thiazole rings is 1. The average molecular weight is 388 g/mol. The number of sulfonamides is 1. The molecule has 3 rings (SSSR count). The monoisotopic (exact) mass is 388 g/mol. The molecule has 0 aliphatic carbocycles. The number of hydrogen-bond acceptors (Lipinski definition) is 5. The van der Waals surface area contributed by atoms with E-state index in [1.807, 2.05) is 0 Å². The summed E-state index contributed by atoms with van der Waals surface area (Å²) >= 11 is 1.09. The Hall–Kier alpha value is -2.33. The summed E-state index contributed by atoms with van der Waals surface area (Å²) in [6.07, 6.45) is -4.74. The van der Waals surface area contributed by atoms with Gasteiger partial charge in [-0.05, 0) is 30.3 Å². The summed E-state index contributed by atoms with van der Waals surface area (Å²) in [7, 11) is -3.14. The third-order valence-corrected chi connectivity index (χ3v) is 5.72. The maximum Gasteiger partial charge on any atom is 0.420 e. The van der Waals surface area contributed by atoms with Crippen LogP contribution in [-0.4, -0.2) is 20.5 Å². The van der Waals surface area contributed by atoms with E-state index in [-0.39, 0.29) is 5.13 Å². The fourth-order valence-corrected chi connectivity index (χ4v) is 4.29. The van der Waals surface area contributed by atoms with Crippen molar-refractivity contribution in [3.05, 3.63) is 48.0 Å². The number of aromatic nitrogens is 1. The fourth-order valence-electron chi connectivity index (χ4n) is 2.17. The van der Waals surface area contributed by atoms with Crippen LogP contribution in [0, 0.1) is 0 Å². The number of fused-ring (bicyclic) bond motifs is 1. The molecule has 0 fully saturated rings. The van der Waals surface area contributed by atoms with E-state index in [0.717, 1.165) is 35.3 Å². The third-order valence-electron chi connectivity index (χ3n) is 3.30. The van der Waals surface area contributed by atoms with Crippen LogP contribution in [0.5, 0.6) is 5.75 Å². The van der Waals surface area contributed by atoms with Crippen molar-refractivity contribution in [3.8, 4) is 5.75 Å². The molecule has 0 saturated heterocycles. The topological polar surface area (TPSA) is 68.3 Å². The largest absolute Gasteiger partial charge is 0.496 e. The van der Waals surface area contributed by atoms with E-state index in [1.54, 1.807) is 24.3 Å². The van der Waals surface area contributed by atoms with Gasteiger partial charge in [0.25, 0.3) is 10.0 Å². The highest BCUT2D eigenvalue weighted by atomic mass is 32.2. The zero-order valence-electron chi connectivity index (χ0n) is 12.7. The van der Waals surface area contributed by atoms with Crippen molar-refractivity contribution in [1.82, 2.24) is 4.98 Å². The van der Waals surface area contributed by atoms with E-state index in [9.17, 15) is 21.6 Å². The second-order valence-corrected chi connectivity index (χ2v) is 7.67. The second kappa shape index (κ2) is 6.19. The van der Waals surface area contributed by atoms with Crippen molar-refractivity contribution in [1.29, 1.82) is 0 Å². The Morgan fingerprint density at radius 1 is 1.16 bits per heavy atom. The number of alkyl halides is 3. The summed E-state index contributed by atoms with van der Waals surface area (Å²) in [5.41, 5.74) is -0.571. The second-order valence-electron chi connectivity index (χ2n) is 4.95. The first-order valence-electron chi connectivity index (χ1n) is 6.84. The molecule has 0 unspecified atom stereocenters. The van der Waals surface area contributed by atoms with Gasteiger partial charge in [-0.15, -0.1) is 0 Å². The van der Waals surface area contributed by atoms with Gasteiger partial charge in [0.2, 0.25) is 0 Å². The Balaban J connectivity index is 1.99. The lowest BCUT2D eigenvalue weighted by atomic mass is 10.2. The molecule has 0 amide bonds. The number of anilines is 1. The molecule has 1 heterocycles. The van der Waals surface area contributed by atoms with Gasteiger partial charge < -0.3 is 4.74 Å². The molecular formula is C15H11F3N2O3S2. The smallest absolute Gasteiger partial charge is 0.420 e. The van der Waals surface area contributed by atoms with Crippen molar-refractivity contribution in [3.63, 3.8) is 0 Å². The maximum atomic E-state index is 13.1. The first-order valence-corrected chi connectivity index (χ1v) is 9.14. The van der Waals surface area contributed by atoms with E-state index >= 15 is 0 Å². The Morgan fingerprint density at radius 3 is 2.52 bits per heavy atom. The zero-order valence-corrected chi connectivity index (χ0v) is 14.3. The van der Waals surface area contributed by atoms with Crippen molar-refractivity contribution in [2.45, 2.75) is 11.1 Å². The Labute approximate surface area is 145 Å². The molecule has 132 valence electrons. The van der Waals surface area contributed by atoms with Crippen LogP contribution in [0.1, 0.15) is 5.56 Å². The van der Waals surface area contributed by atoms with Crippen molar-refractivity contribution in [2.75, 3.05) is 11.8 Å². The van der Waals surface area contributed by atoms with Crippen LogP contribution in [0.3, 0.4) is 0 Å². The lowest BCUT2D eigenvalue weighted by molar-refractivity contribution is -0.138. The van der Waals surface area contributed by atoms with Gasteiger partial charge in [-0.3, -0.25) is 4.72 Å². The van der Waals surface area contributed by atoms with E-state index in [0.29, 0.717) is 11.6 Å². The number of halogens is 3. The molecule has 0 radical (unpaired) electrons. The van der Waals surface area contributed by atoms with Gasteiger partial charge in [0, 0.05) is 0 Å². The number of para-hydroxylation sites is 1. The van der Waals surface area contributed by atoms with E-state index in [2.05, 4.69) is 14.4 Å². The SMILES string of the molecule is COc1ccc(S(=O)(=O)Nc2nc3ccccc3s2)cc1C(F)(F)F. The molecule has 1 aromatic heterocycles. The van der Waals surface area contributed by atoms with Crippen LogP contribution < -0.4 is 9.46 Å². The van der Waals surface area contributed by atoms with Gasteiger partial charge in [-0.2, -0.15) is 13.2 Å². The Morgan fingerprint density at radius 2 is 1.88 bits per heavy atom. The summed E-state index contributed by atoms with van der Waals surface area (Å²) in [6, 6.07) is 9.55. The molecule has 1 N–H and O–H groups in total. The average Bonchev–Trinajstić information content (AvgIpc) is 2.94.